The van der Waals surface area contributed by atoms with Crippen molar-refractivity contribution in [2.75, 3.05) is 51.7 Å². The van der Waals surface area contributed by atoms with E-state index < -0.39 is 0 Å². The second kappa shape index (κ2) is 10.3. The van der Waals surface area contributed by atoms with Crippen LogP contribution in [-0.2, 0) is 22.6 Å². The molecule has 2 aromatic heterocycles. The first kappa shape index (κ1) is 21.2. The summed E-state index contributed by atoms with van der Waals surface area (Å²) in [7, 11) is 1.36. The fourth-order valence-corrected chi connectivity index (χ4v) is 3.86. The zero-order chi connectivity index (χ0) is 21.5. The van der Waals surface area contributed by atoms with Gasteiger partial charge in [-0.1, -0.05) is 30.3 Å². The van der Waals surface area contributed by atoms with Gasteiger partial charge in [-0.2, -0.15) is 5.10 Å². The van der Waals surface area contributed by atoms with Crippen molar-refractivity contribution < 1.29 is 9.53 Å². The van der Waals surface area contributed by atoms with Gasteiger partial charge in [0, 0.05) is 39.3 Å². The Labute approximate surface area is 182 Å². The van der Waals surface area contributed by atoms with Crippen LogP contribution < -0.4 is 5.32 Å². The Morgan fingerprint density at radius 2 is 1.87 bits per heavy atom. The third kappa shape index (κ3) is 5.56. The van der Waals surface area contributed by atoms with Gasteiger partial charge in [0.2, 0.25) is 0 Å². The molecule has 1 N–H and O–H groups in total. The van der Waals surface area contributed by atoms with Crippen LogP contribution in [0.25, 0.3) is 11.0 Å². The normalized spacial score (nSPS) is 15.3. The topological polar surface area (TPSA) is 88.4 Å². The lowest BCUT2D eigenvalue weighted by Crippen LogP contribution is -2.46. The lowest BCUT2D eigenvalue weighted by molar-refractivity contribution is -0.141. The summed E-state index contributed by atoms with van der Waals surface area (Å²) >= 11 is 0. The van der Waals surface area contributed by atoms with Crippen molar-refractivity contribution in [1.82, 2.24) is 29.5 Å². The molecule has 0 aliphatic carbocycles. The number of fused-ring (bicyclic) bond motifs is 1. The van der Waals surface area contributed by atoms with Gasteiger partial charge in [-0.15, -0.1) is 0 Å². The molecule has 4 rings (SSSR count). The van der Waals surface area contributed by atoms with Crippen LogP contribution in [0.15, 0.2) is 42.9 Å². The number of piperazine rings is 1. The lowest BCUT2D eigenvalue weighted by Gasteiger charge is -2.34. The number of nitrogens with zero attached hydrogens (tertiary/aromatic N) is 6. The molecule has 0 saturated carbocycles. The molecular weight excluding hydrogens is 394 g/mol. The number of benzene rings is 1. The largest absolute Gasteiger partial charge is 0.468 e. The number of hydrogen-bond donors (Lipinski definition) is 1. The van der Waals surface area contributed by atoms with Crippen LogP contribution in [0.1, 0.15) is 12.0 Å². The standard InChI is InChI=1S/C22H29N7O2/c1-31-20(30)16-29-22-19(14-26-29)21(24-17-25-22)23-8-5-9-27-10-12-28(13-11-27)15-18-6-3-2-4-7-18/h2-4,6-7,14,17H,5,8-13,15-16H2,1H3,(H,23,24,25). The molecule has 0 unspecified atom stereocenters. The Morgan fingerprint density at radius 1 is 1.10 bits per heavy atom. The summed E-state index contributed by atoms with van der Waals surface area (Å²) in [6, 6.07) is 10.7. The SMILES string of the molecule is COC(=O)Cn1ncc2c(NCCCN3CCN(Cc4ccccc4)CC3)ncnc21. The van der Waals surface area contributed by atoms with E-state index in [1.807, 2.05) is 0 Å². The van der Waals surface area contributed by atoms with Crippen LogP contribution in [0.4, 0.5) is 5.82 Å². The van der Waals surface area contributed by atoms with E-state index in [0.29, 0.717) is 5.65 Å². The maximum absolute atomic E-state index is 11.5. The molecule has 164 valence electrons. The first-order valence-corrected chi connectivity index (χ1v) is 10.7. The van der Waals surface area contributed by atoms with E-state index in [4.69, 9.17) is 4.74 Å². The summed E-state index contributed by atoms with van der Waals surface area (Å²) < 4.78 is 6.24. The predicted octanol–water partition coefficient (Wildman–Crippen LogP) is 1.62. The summed E-state index contributed by atoms with van der Waals surface area (Å²) in [5, 5.41) is 8.44. The Hall–Kier alpha value is -3.04. The second-order valence-electron chi connectivity index (χ2n) is 7.72. The van der Waals surface area contributed by atoms with Crippen molar-refractivity contribution in [3.05, 3.63) is 48.4 Å². The summed E-state index contributed by atoms with van der Waals surface area (Å²) in [6.07, 6.45) is 4.21. The van der Waals surface area contributed by atoms with E-state index in [1.165, 1.54) is 23.7 Å². The summed E-state index contributed by atoms with van der Waals surface area (Å²) in [4.78, 5) is 25.2. The Bertz CT molecular complexity index is 984. The fourth-order valence-electron chi connectivity index (χ4n) is 3.86. The number of carbonyl (C=O) groups is 1. The molecule has 31 heavy (non-hydrogen) atoms. The number of rotatable bonds is 9. The molecular formula is C22H29N7O2. The van der Waals surface area contributed by atoms with Crippen LogP contribution in [0.5, 0.6) is 0 Å². The molecule has 9 heteroatoms. The average Bonchev–Trinajstić information content (AvgIpc) is 3.22. The molecule has 0 bridgehead atoms. The van der Waals surface area contributed by atoms with Gasteiger partial charge >= 0.3 is 5.97 Å². The van der Waals surface area contributed by atoms with Gasteiger partial charge in [0.05, 0.1) is 18.7 Å². The first-order valence-electron chi connectivity index (χ1n) is 10.7. The monoisotopic (exact) mass is 423 g/mol. The Kier molecular flexibility index (Phi) is 7.06. The highest BCUT2D eigenvalue weighted by molar-refractivity contribution is 5.86. The quantitative estimate of drug-likeness (QED) is 0.410. The van der Waals surface area contributed by atoms with Gasteiger partial charge in [0.15, 0.2) is 5.65 Å². The van der Waals surface area contributed by atoms with E-state index in [0.717, 1.165) is 63.4 Å². The van der Waals surface area contributed by atoms with E-state index in [9.17, 15) is 4.79 Å². The highest BCUT2D eigenvalue weighted by atomic mass is 16.5. The number of carbonyl (C=O) groups excluding carboxylic acids is 1. The lowest BCUT2D eigenvalue weighted by atomic mass is 10.2. The number of hydrogen-bond acceptors (Lipinski definition) is 8. The van der Waals surface area contributed by atoms with Gasteiger partial charge in [-0.25, -0.2) is 14.6 Å². The summed E-state index contributed by atoms with van der Waals surface area (Å²) in [6.45, 7) is 7.36. The molecule has 0 spiro atoms. The third-order valence-electron chi connectivity index (χ3n) is 5.60. The van der Waals surface area contributed by atoms with Gasteiger partial charge in [0.25, 0.3) is 0 Å². The average molecular weight is 424 g/mol. The van der Waals surface area contributed by atoms with Crippen molar-refractivity contribution in [2.45, 2.75) is 19.5 Å². The first-order chi connectivity index (χ1) is 15.2. The van der Waals surface area contributed by atoms with Crippen molar-refractivity contribution in [3.8, 4) is 0 Å². The maximum atomic E-state index is 11.5. The number of aromatic nitrogens is 4. The Morgan fingerprint density at radius 3 is 2.65 bits per heavy atom. The number of methoxy groups -OCH3 is 1. The van der Waals surface area contributed by atoms with Gasteiger partial charge in [-0.3, -0.25) is 9.69 Å². The van der Waals surface area contributed by atoms with Crippen molar-refractivity contribution in [3.63, 3.8) is 0 Å². The Balaban J connectivity index is 1.21. The molecule has 0 amide bonds. The number of esters is 1. The highest BCUT2D eigenvalue weighted by Crippen LogP contribution is 2.18. The van der Waals surface area contributed by atoms with Gasteiger partial charge in [-0.05, 0) is 18.5 Å². The number of ether oxygens (including phenoxy) is 1. The predicted molar refractivity (Wildman–Crippen MR) is 119 cm³/mol. The molecule has 3 aromatic rings. The van der Waals surface area contributed by atoms with Crippen LogP contribution in [0, 0.1) is 0 Å². The molecule has 1 aliphatic heterocycles. The van der Waals surface area contributed by atoms with Crippen molar-refractivity contribution in [2.24, 2.45) is 0 Å². The fraction of sp³-hybridized carbons (Fsp3) is 0.455. The molecule has 1 aromatic carbocycles. The van der Waals surface area contributed by atoms with Gasteiger partial charge < -0.3 is 15.0 Å². The van der Waals surface area contributed by atoms with Crippen LogP contribution in [0.2, 0.25) is 0 Å². The highest BCUT2D eigenvalue weighted by Gasteiger charge is 2.17. The van der Waals surface area contributed by atoms with Crippen LogP contribution >= 0.6 is 0 Å². The van der Waals surface area contributed by atoms with E-state index in [-0.39, 0.29) is 12.5 Å². The summed E-state index contributed by atoms with van der Waals surface area (Å²) in [5.41, 5.74) is 2.00. The minimum Gasteiger partial charge on any atom is -0.468 e. The smallest absolute Gasteiger partial charge is 0.327 e. The van der Waals surface area contributed by atoms with E-state index >= 15 is 0 Å². The molecule has 1 aliphatic rings. The second-order valence-corrected chi connectivity index (χ2v) is 7.72. The van der Waals surface area contributed by atoms with Crippen LogP contribution in [-0.4, -0.2) is 81.9 Å². The minimum atomic E-state index is -0.359. The zero-order valence-electron chi connectivity index (χ0n) is 17.9. The molecule has 0 radical (unpaired) electrons. The third-order valence-corrected chi connectivity index (χ3v) is 5.60. The van der Waals surface area contributed by atoms with Gasteiger partial charge in [0.1, 0.15) is 18.7 Å². The number of anilines is 1. The minimum absolute atomic E-state index is 0.0344. The van der Waals surface area contributed by atoms with Crippen LogP contribution in [0.3, 0.4) is 0 Å². The molecule has 1 saturated heterocycles. The molecule has 0 atom stereocenters. The van der Waals surface area contributed by atoms with Crippen molar-refractivity contribution >= 4 is 22.8 Å². The van der Waals surface area contributed by atoms with E-state index in [2.05, 4.69) is 60.5 Å². The maximum Gasteiger partial charge on any atom is 0.327 e. The number of nitrogens with one attached hydrogen (secondary N) is 1. The van der Waals surface area contributed by atoms with Crippen molar-refractivity contribution in [1.29, 1.82) is 0 Å². The molecule has 9 nitrogen and oxygen atoms in total. The molecule has 1 fully saturated rings. The zero-order valence-corrected chi connectivity index (χ0v) is 17.9. The molecule has 3 heterocycles. The summed E-state index contributed by atoms with van der Waals surface area (Å²) in [5.74, 6) is 0.385. The van der Waals surface area contributed by atoms with E-state index in [1.54, 1.807) is 6.20 Å².